The zero-order chi connectivity index (χ0) is 15.0. The summed E-state index contributed by atoms with van der Waals surface area (Å²) in [6.07, 6.45) is 5.05. The largest absolute Gasteiger partial charge is 0.389 e. The van der Waals surface area contributed by atoms with Crippen LogP contribution in [0.15, 0.2) is 18.3 Å². The van der Waals surface area contributed by atoms with E-state index in [0.29, 0.717) is 28.3 Å². The fourth-order valence-corrected chi connectivity index (χ4v) is 3.44. The lowest BCUT2D eigenvalue weighted by atomic mass is 10.1. The standard InChI is InChI=1S/C15H20N4OS/c1-18-11-3-4-12(18)9-19(7-6-11)15(20)13-5-2-10(8-17-13)14(16)21/h2,5,8,11-12H,3-4,6-7,9H2,1H3,(H2,16,21). The molecule has 6 heteroatoms. The molecule has 2 aliphatic rings. The van der Waals surface area contributed by atoms with E-state index in [9.17, 15) is 4.79 Å². The van der Waals surface area contributed by atoms with Gasteiger partial charge >= 0.3 is 0 Å². The number of nitrogens with zero attached hydrogens (tertiary/aromatic N) is 3. The van der Waals surface area contributed by atoms with Gasteiger partial charge in [-0.2, -0.15) is 0 Å². The molecule has 0 spiro atoms. The van der Waals surface area contributed by atoms with Crippen molar-refractivity contribution in [2.75, 3.05) is 20.1 Å². The predicted octanol–water partition coefficient (Wildman–Crippen LogP) is 1.02. The number of hydrogen-bond acceptors (Lipinski definition) is 4. The van der Waals surface area contributed by atoms with E-state index >= 15 is 0 Å². The second kappa shape index (κ2) is 5.69. The molecule has 2 unspecified atom stereocenters. The second-order valence-electron chi connectivity index (χ2n) is 5.89. The van der Waals surface area contributed by atoms with Gasteiger partial charge in [-0.25, -0.2) is 0 Å². The summed E-state index contributed by atoms with van der Waals surface area (Å²) in [7, 11) is 2.17. The smallest absolute Gasteiger partial charge is 0.272 e. The number of carbonyl (C=O) groups is 1. The Labute approximate surface area is 130 Å². The van der Waals surface area contributed by atoms with Crippen molar-refractivity contribution in [1.29, 1.82) is 0 Å². The number of nitrogens with two attached hydrogens (primary N) is 1. The lowest BCUT2D eigenvalue weighted by Crippen LogP contribution is -2.40. The highest BCUT2D eigenvalue weighted by Crippen LogP contribution is 2.28. The number of fused-ring (bicyclic) bond motifs is 2. The van der Waals surface area contributed by atoms with Crippen LogP contribution in [0.4, 0.5) is 0 Å². The Morgan fingerprint density at radius 2 is 2.10 bits per heavy atom. The van der Waals surface area contributed by atoms with Crippen LogP contribution in [0.2, 0.25) is 0 Å². The van der Waals surface area contributed by atoms with Crippen molar-refractivity contribution < 1.29 is 4.79 Å². The zero-order valence-electron chi connectivity index (χ0n) is 12.2. The maximum atomic E-state index is 12.6. The van der Waals surface area contributed by atoms with Gasteiger partial charge < -0.3 is 10.6 Å². The predicted molar refractivity (Wildman–Crippen MR) is 85.2 cm³/mol. The first-order valence-corrected chi connectivity index (χ1v) is 7.74. The van der Waals surface area contributed by atoms with Gasteiger partial charge in [0.25, 0.3) is 5.91 Å². The van der Waals surface area contributed by atoms with Crippen molar-refractivity contribution in [3.8, 4) is 0 Å². The van der Waals surface area contributed by atoms with Crippen LogP contribution in [0.1, 0.15) is 35.3 Å². The Bertz CT molecular complexity index is 559. The highest BCUT2D eigenvalue weighted by molar-refractivity contribution is 7.80. The minimum atomic E-state index is 0.00504. The number of hydrogen-bond donors (Lipinski definition) is 1. The molecule has 0 aromatic carbocycles. The summed E-state index contributed by atoms with van der Waals surface area (Å²) >= 11 is 4.90. The lowest BCUT2D eigenvalue weighted by molar-refractivity contribution is 0.0734. The Morgan fingerprint density at radius 3 is 2.76 bits per heavy atom. The van der Waals surface area contributed by atoms with Gasteiger partial charge in [0, 0.05) is 36.9 Å². The van der Waals surface area contributed by atoms with E-state index in [4.69, 9.17) is 18.0 Å². The van der Waals surface area contributed by atoms with Crippen molar-refractivity contribution >= 4 is 23.1 Å². The number of likely N-dealkylation sites (tertiary alicyclic amines) is 1. The number of carbonyl (C=O) groups excluding carboxylic acids is 1. The van der Waals surface area contributed by atoms with E-state index in [0.717, 1.165) is 19.5 Å². The average molecular weight is 304 g/mol. The molecule has 1 aromatic rings. The van der Waals surface area contributed by atoms with E-state index in [-0.39, 0.29) is 5.91 Å². The van der Waals surface area contributed by atoms with Gasteiger partial charge in [0.1, 0.15) is 10.7 Å². The van der Waals surface area contributed by atoms with Gasteiger partial charge in [0.15, 0.2) is 0 Å². The third-order valence-electron chi connectivity index (χ3n) is 4.70. The summed E-state index contributed by atoms with van der Waals surface area (Å²) in [4.78, 5) is 21.5. The number of rotatable bonds is 2. The minimum absolute atomic E-state index is 0.00504. The van der Waals surface area contributed by atoms with Gasteiger partial charge in [-0.1, -0.05) is 12.2 Å². The molecule has 0 radical (unpaired) electrons. The first-order chi connectivity index (χ1) is 10.1. The topological polar surface area (TPSA) is 62.5 Å². The number of aromatic nitrogens is 1. The fourth-order valence-electron chi connectivity index (χ4n) is 3.32. The molecule has 2 aliphatic heterocycles. The molecule has 2 fully saturated rings. The summed E-state index contributed by atoms with van der Waals surface area (Å²) in [6.45, 7) is 1.60. The fraction of sp³-hybridized carbons (Fsp3) is 0.533. The normalized spacial score (nSPS) is 25.7. The summed E-state index contributed by atoms with van der Waals surface area (Å²) in [6, 6.07) is 4.58. The molecule has 0 saturated carbocycles. The van der Waals surface area contributed by atoms with Crippen molar-refractivity contribution in [1.82, 2.24) is 14.8 Å². The summed E-state index contributed by atoms with van der Waals surface area (Å²) in [5.41, 5.74) is 6.71. The van der Waals surface area contributed by atoms with Crippen LogP contribution in [0.5, 0.6) is 0 Å². The van der Waals surface area contributed by atoms with Crippen LogP contribution in [0.3, 0.4) is 0 Å². The molecule has 3 heterocycles. The maximum absolute atomic E-state index is 12.6. The van der Waals surface area contributed by atoms with Crippen LogP contribution in [-0.2, 0) is 0 Å². The van der Waals surface area contributed by atoms with E-state index in [1.54, 1.807) is 18.3 Å². The number of likely N-dealkylation sites (N-methyl/N-ethyl adjacent to an activating group) is 1. The molecule has 1 aromatic heterocycles. The first-order valence-electron chi connectivity index (χ1n) is 7.33. The van der Waals surface area contributed by atoms with Gasteiger partial charge in [-0.05, 0) is 38.4 Å². The molecule has 2 saturated heterocycles. The average Bonchev–Trinajstić information content (AvgIpc) is 2.71. The summed E-state index contributed by atoms with van der Waals surface area (Å²) < 4.78 is 0. The quantitative estimate of drug-likeness (QED) is 0.827. The van der Waals surface area contributed by atoms with Crippen LogP contribution in [0, 0.1) is 0 Å². The van der Waals surface area contributed by atoms with E-state index < -0.39 is 0 Å². The van der Waals surface area contributed by atoms with Crippen molar-refractivity contribution in [3.63, 3.8) is 0 Å². The molecule has 21 heavy (non-hydrogen) atoms. The molecule has 3 rings (SSSR count). The maximum Gasteiger partial charge on any atom is 0.272 e. The molecule has 112 valence electrons. The molecule has 0 aliphatic carbocycles. The Morgan fingerprint density at radius 1 is 1.33 bits per heavy atom. The highest BCUT2D eigenvalue weighted by Gasteiger charge is 2.36. The van der Waals surface area contributed by atoms with E-state index in [1.807, 2.05) is 4.90 Å². The minimum Gasteiger partial charge on any atom is -0.389 e. The molecule has 1 amide bonds. The number of pyridine rings is 1. The van der Waals surface area contributed by atoms with Gasteiger partial charge in [-0.15, -0.1) is 0 Å². The molecule has 2 N–H and O–H groups in total. The van der Waals surface area contributed by atoms with Crippen molar-refractivity contribution in [3.05, 3.63) is 29.6 Å². The first kappa shape index (κ1) is 14.4. The summed E-state index contributed by atoms with van der Waals surface area (Å²) in [5, 5.41) is 0. The molecule has 5 nitrogen and oxygen atoms in total. The van der Waals surface area contributed by atoms with Gasteiger partial charge in [-0.3, -0.25) is 14.7 Å². The number of thiocarbonyl (C=S) groups is 1. The Kier molecular flexibility index (Phi) is 3.91. The van der Waals surface area contributed by atoms with Crippen molar-refractivity contribution in [2.24, 2.45) is 5.73 Å². The third kappa shape index (κ3) is 2.78. The Balaban J connectivity index is 1.74. The van der Waals surface area contributed by atoms with Crippen LogP contribution < -0.4 is 5.73 Å². The van der Waals surface area contributed by atoms with Crippen LogP contribution in [-0.4, -0.2) is 57.9 Å². The molecular weight excluding hydrogens is 284 g/mol. The van der Waals surface area contributed by atoms with E-state index in [2.05, 4.69) is 16.9 Å². The third-order valence-corrected chi connectivity index (χ3v) is 4.94. The zero-order valence-corrected chi connectivity index (χ0v) is 13.0. The monoisotopic (exact) mass is 304 g/mol. The Hall–Kier alpha value is -1.53. The molecule has 2 bridgehead atoms. The highest BCUT2D eigenvalue weighted by atomic mass is 32.1. The van der Waals surface area contributed by atoms with Crippen LogP contribution in [0.25, 0.3) is 0 Å². The number of amides is 1. The molecular formula is C15H20N4OS. The summed E-state index contributed by atoms with van der Waals surface area (Å²) in [5.74, 6) is 0.00504. The van der Waals surface area contributed by atoms with Gasteiger partial charge in [0.05, 0.1) is 0 Å². The van der Waals surface area contributed by atoms with E-state index in [1.165, 1.54) is 12.8 Å². The van der Waals surface area contributed by atoms with Gasteiger partial charge in [0.2, 0.25) is 0 Å². The van der Waals surface area contributed by atoms with Crippen molar-refractivity contribution in [2.45, 2.75) is 31.3 Å². The SMILES string of the molecule is CN1C2CCC1CN(C(=O)c1ccc(C(N)=S)cn1)CC2. The molecule has 2 atom stereocenters. The lowest BCUT2D eigenvalue weighted by Gasteiger charge is -2.25. The van der Waals surface area contributed by atoms with Crippen LogP contribution >= 0.6 is 12.2 Å². The second-order valence-corrected chi connectivity index (χ2v) is 6.33.